The summed E-state index contributed by atoms with van der Waals surface area (Å²) in [5, 5.41) is 21.0. The third-order valence-corrected chi connectivity index (χ3v) is 5.65. The second kappa shape index (κ2) is 7.56. The minimum absolute atomic E-state index is 0.131. The lowest BCUT2D eigenvalue weighted by molar-refractivity contribution is -0.383. The molecule has 1 atom stereocenters. The number of carbonyl (C=O) groups is 1. The van der Waals surface area contributed by atoms with Crippen molar-refractivity contribution >= 4 is 52.1 Å². The van der Waals surface area contributed by atoms with Crippen LogP contribution < -0.4 is 5.32 Å². The Morgan fingerprint density at radius 2 is 2.05 bits per heavy atom. The molecule has 0 unspecified atom stereocenters. The molecule has 0 spiro atoms. The Labute approximate surface area is 139 Å². The molecule has 1 aromatic heterocycles. The Bertz CT molecular complexity index is 692. The number of para-hydroxylation sites is 2. The first-order valence-corrected chi connectivity index (χ1v) is 9.01. The van der Waals surface area contributed by atoms with Crippen molar-refractivity contribution in [3.8, 4) is 0 Å². The van der Waals surface area contributed by atoms with Crippen LogP contribution in [0.15, 0.2) is 32.9 Å². The highest BCUT2D eigenvalue weighted by Crippen LogP contribution is 2.31. The van der Waals surface area contributed by atoms with Gasteiger partial charge in [0.1, 0.15) is 5.69 Å². The highest BCUT2D eigenvalue weighted by atomic mass is 32.2. The number of carbonyl (C=O) groups excluding carboxylic acids is 1. The Balaban J connectivity index is 2.04. The zero-order chi connectivity index (χ0) is 16.1. The van der Waals surface area contributed by atoms with E-state index < -0.39 is 10.2 Å². The van der Waals surface area contributed by atoms with Crippen LogP contribution in [-0.2, 0) is 4.79 Å². The summed E-state index contributed by atoms with van der Waals surface area (Å²) in [6.45, 7) is 1.72. The molecule has 2 rings (SSSR count). The van der Waals surface area contributed by atoms with Gasteiger partial charge in [-0.25, -0.2) is 0 Å². The third-order valence-electron chi connectivity index (χ3n) is 2.57. The molecule has 1 heterocycles. The zero-order valence-electron chi connectivity index (χ0n) is 11.7. The molecule has 0 saturated carbocycles. The van der Waals surface area contributed by atoms with Crippen molar-refractivity contribution in [2.45, 2.75) is 20.9 Å². The number of rotatable bonds is 6. The first-order chi connectivity index (χ1) is 10.5. The van der Waals surface area contributed by atoms with Crippen molar-refractivity contribution in [1.29, 1.82) is 0 Å². The number of nitro groups is 1. The number of thioether (sulfide) groups is 2. The minimum atomic E-state index is -0.525. The first kappa shape index (κ1) is 16.7. The van der Waals surface area contributed by atoms with Crippen molar-refractivity contribution in [3.05, 3.63) is 34.4 Å². The van der Waals surface area contributed by atoms with Gasteiger partial charge in [-0.1, -0.05) is 47.0 Å². The van der Waals surface area contributed by atoms with E-state index >= 15 is 0 Å². The molecule has 10 heteroatoms. The molecule has 0 bridgehead atoms. The summed E-state index contributed by atoms with van der Waals surface area (Å²) in [4.78, 5) is 22.6. The van der Waals surface area contributed by atoms with Crippen LogP contribution in [0, 0.1) is 10.1 Å². The molecule has 0 fully saturated rings. The van der Waals surface area contributed by atoms with Gasteiger partial charge in [-0.3, -0.25) is 14.9 Å². The SMILES string of the molecule is CSc1nnc(S[C@@H](C)C(=O)Nc2ccccc2[N+](=O)[O-])s1. The maximum Gasteiger partial charge on any atom is 0.292 e. The predicted molar refractivity (Wildman–Crippen MR) is 88.7 cm³/mol. The van der Waals surface area contributed by atoms with Crippen LogP contribution in [0.25, 0.3) is 0 Å². The van der Waals surface area contributed by atoms with Crippen LogP contribution in [-0.4, -0.2) is 32.5 Å². The molecule has 0 aliphatic carbocycles. The van der Waals surface area contributed by atoms with Gasteiger partial charge in [0, 0.05) is 6.07 Å². The molecule has 1 aromatic carbocycles. The van der Waals surface area contributed by atoms with E-state index in [-0.39, 0.29) is 17.3 Å². The largest absolute Gasteiger partial charge is 0.319 e. The standard InChI is InChI=1S/C12H12N4O3S3/c1-7(21-12-15-14-11(20-2)22-12)10(17)13-8-5-3-4-6-9(8)16(18)19/h3-7H,1-2H3,(H,13,17)/t7-/m0/s1. The van der Waals surface area contributed by atoms with Gasteiger partial charge in [0.2, 0.25) is 5.91 Å². The lowest BCUT2D eigenvalue weighted by Crippen LogP contribution is -2.22. The fourth-order valence-electron chi connectivity index (χ4n) is 1.50. The Morgan fingerprint density at radius 1 is 1.36 bits per heavy atom. The summed E-state index contributed by atoms with van der Waals surface area (Å²) in [5.41, 5.74) is 0.0562. The Hall–Kier alpha value is -1.65. The van der Waals surface area contributed by atoms with E-state index in [0.29, 0.717) is 4.34 Å². The second-order valence-corrected chi connectivity index (χ2v) is 7.68. The molecule has 7 nitrogen and oxygen atoms in total. The van der Waals surface area contributed by atoms with Crippen LogP contribution in [0.4, 0.5) is 11.4 Å². The molecule has 22 heavy (non-hydrogen) atoms. The second-order valence-electron chi connectivity index (χ2n) is 4.06. The highest BCUT2D eigenvalue weighted by molar-refractivity contribution is 8.03. The summed E-state index contributed by atoms with van der Waals surface area (Å²) in [6.07, 6.45) is 1.90. The summed E-state index contributed by atoms with van der Waals surface area (Å²) in [7, 11) is 0. The van der Waals surface area contributed by atoms with Crippen molar-refractivity contribution in [3.63, 3.8) is 0 Å². The Kier molecular flexibility index (Phi) is 5.75. The molecule has 0 aliphatic rings. The first-order valence-electron chi connectivity index (χ1n) is 6.09. The summed E-state index contributed by atoms with van der Waals surface area (Å²) in [5.74, 6) is -0.319. The number of benzene rings is 1. The number of nitrogens with zero attached hydrogens (tertiary/aromatic N) is 3. The molecule has 116 valence electrons. The fraction of sp³-hybridized carbons (Fsp3) is 0.250. The molecular formula is C12H12N4O3S3. The van der Waals surface area contributed by atoms with Gasteiger partial charge in [0.05, 0.1) is 10.2 Å². The maximum atomic E-state index is 12.2. The van der Waals surface area contributed by atoms with E-state index in [4.69, 9.17) is 0 Å². The number of anilines is 1. The van der Waals surface area contributed by atoms with Gasteiger partial charge in [0.15, 0.2) is 8.68 Å². The van der Waals surface area contributed by atoms with Gasteiger partial charge in [-0.2, -0.15) is 0 Å². The lowest BCUT2D eigenvalue weighted by atomic mass is 10.2. The van der Waals surface area contributed by atoms with Crippen molar-refractivity contribution < 1.29 is 9.72 Å². The van der Waals surface area contributed by atoms with Gasteiger partial charge in [-0.05, 0) is 19.2 Å². The monoisotopic (exact) mass is 356 g/mol. The predicted octanol–water partition coefficient (Wildman–Crippen LogP) is 3.29. The normalized spacial score (nSPS) is 11.9. The molecule has 0 saturated heterocycles. The van der Waals surface area contributed by atoms with Gasteiger partial charge >= 0.3 is 0 Å². The van der Waals surface area contributed by atoms with Gasteiger partial charge in [-0.15, -0.1) is 10.2 Å². The molecular weight excluding hydrogens is 344 g/mol. The maximum absolute atomic E-state index is 12.2. The summed E-state index contributed by atoms with van der Waals surface area (Å²) >= 11 is 4.17. The highest BCUT2D eigenvalue weighted by Gasteiger charge is 2.20. The number of aromatic nitrogens is 2. The van der Waals surface area contributed by atoms with Crippen LogP contribution in [0.3, 0.4) is 0 Å². The average Bonchev–Trinajstić information content (AvgIpc) is 2.95. The van der Waals surface area contributed by atoms with Crippen molar-refractivity contribution in [2.24, 2.45) is 0 Å². The van der Waals surface area contributed by atoms with E-state index in [1.165, 1.54) is 47.0 Å². The molecule has 0 aliphatic heterocycles. The Morgan fingerprint density at radius 3 is 2.68 bits per heavy atom. The molecule has 2 aromatic rings. The lowest BCUT2D eigenvalue weighted by Gasteiger charge is -2.10. The van der Waals surface area contributed by atoms with Crippen molar-refractivity contribution in [1.82, 2.24) is 10.2 Å². The smallest absolute Gasteiger partial charge is 0.292 e. The van der Waals surface area contributed by atoms with E-state index in [9.17, 15) is 14.9 Å². The van der Waals surface area contributed by atoms with E-state index in [1.807, 2.05) is 6.26 Å². The van der Waals surface area contributed by atoms with Gasteiger partial charge < -0.3 is 5.32 Å². The average molecular weight is 356 g/mol. The number of amides is 1. The minimum Gasteiger partial charge on any atom is -0.319 e. The van der Waals surface area contributed by atoms with E-state index in [2.05, 4.69) is 15.5 Å². The third kappa shape index (κ3) is 4.18. The van der Waals surface area contributed by atoms with E-state index in [1.54, 1.807) is 19.1 Å². The summed E-state index contributed by atoms with van der Waals surface area (Å²) in [6, 6.07) is 6.04. The quantitative estimate of drug-likeness (QED) is 0.482. The number of nitrogens with one attached hydrogen (secondary N) is 1. The number of hydrogen-bond acceptors (Lipinski definition) is 8. The van der Waals surface area contributed by atoms with Crippen LogP contribution in [0.5, 0.6) is 0 Å². The molecule has 0 radical (unpaired) electrons. The summed E-state index contributed by atoms with van der Waals surface area (Å²) < 4.78 is 1.52. The van der Waals surface area contributed by atoms with Crippen LogP contribution >= 0.6 is 34.9 Å². The number of nitro benzene ring substituents is 1. The van der Waals surface area contributed by atoms with Crippen LogP contribution in [0.2, 0.25) is 0 Å². The van der Waals surface area contributed by atoms with Crippen LogP contribution in [0.1, 0.15) is 6.92 Å². The zero-order valence-corrected chi connectivity index (χ0v) is 14.1. The molecule has 1 amide bonds. The topological polar surface area (TPSA) is 98.0 Å². The van der Waals surface area contributed by atoms with Crippen molar-refractivity contribution in [2.75, 3.05) is 11.6 Å². The fourth-order valence-corrected chi connectivity index (χ4v) is 4.09. The molecule has 1 N–H and O–H groups in total. The number of hydrogen-bond donors (Lipinski definition) is 1. The van der Waals surface area contributed by atoms with E-state index in [0.717, 1.165) is 4.34 Å². The van der Waals surface area contributed by atoms with Gasteiger partial charge in [0.25, 0.3) is 5.69 Å².